The molecule has 4 N–H and O–H groups in total. The van der Waals surface area contributed by atoms with Crippen molar-refractivity contribution in [3.63, 3.8) is 0 Å². The zero-order valence-electron chi connectivity index (χ0n) is 22.6. The number of rotatable bonds is 8. The number of carbonyl (C=O) groups excluding carboxylic acids is 1. The first-order valence-electron chi connectivity index (χ1n) is 13.2. The smallest absolute Gasteiger partial charge is 0.399 e. The zero-order chi connectivity index (χ0) is 30.9. The number of alkyl halides is 3. The molecule has 2 aromatic heterocycles. The second-order valence-corrected chi connectivity index (χ2v) is 10.2. The maximum absolute atomic E-state index is 14.4. The lowest BCUT2D eigenvalue weighted by atomic mass is 9.94. The average Bonchev–Trinajstić information content (AvgIpc) is 3.36. The van der Waals surface area contributed by atoms with E-state index in [9.17, 15) is 31.1 Å². The molecule has 0 radical (unpaired) electrons. The van der Waals surface area contributed by atoms with E-state index in [1.54, 1.807) is 17.0 Å². The molecule has 0 fully saturated rings. The van der Waals surface area contributed by atoms with Crippen LogP contribution in [0, 0.1) is 17.5 Å². The van der Waals surface area contributed by atoms with Crippen molar-refractivity contribution < 1.29 is 31.1 Å². The monoisotopic (exact) mass is 600 g/mol. The number of pyridine rings is 1. The Labute approximate surface area is 242 Å². The van der Waals surface area contributed by atoms with Crippen LogP contribution in [0.25, 0.3) is 16.8 Å². The van der Waals surface area contributed by atoms with Gasteiger partial charge in [-0.1, -0.05) is 18.7 Å². The fourth-order valence-electron chi connectivity index (χ4n) is 5.22. The van der Waals surface area contributed by atoms with Gasteiger partial charge in [-0.2, -0.15) is 18.3 Å². The third kappa shape index (κ3) is 6.72. The van der Waals surface area contributed by atoms with Crippen LogP contribution in [-0.4, -0.2) is 39.1 Å². The third-order valence-corrected chi connectivity index (χ3v) is 7.14. The number of halogens is 6. The van der Waals surface area contributed by atoms with E-state index in [1.807, 2.05) is 0 Å². The van der Waals surface area contributed by atoms with Crippen molar-refractivity contribution in [3.05, 3.63) is 113 Å². The molecule has 5 rings (SSSR count). The van der Waals surface area contributed by atoms with Gasteiger partial charge in [0.25, 0.3) is 0 Å². The Morgan fingerprint density at radius 2 is 1.86 bits per heavy atom. The largest absolute Gasteiger partial charge is 0.435 e. The number of H-pyrrole nitrogens is 1. The Morgan fingerprint density at radius 3 is 2.56 bits per heavy atom. The van der Waals surface area contributed by atoms with E-state index in [0.717, 1.165) is 18.2 Å². The number of aromatic nitrogens is 3. The highest BCUT2D eigenvalue weighted by Gasteiger charge is 2.39. The summed E-state index contributed by atoms with van der Waals surface area (Å²) in [6, 6.07) is 9.56. The van der Waals surface area contributed by atoms with E-state index in [1.165, 1.54) is 24.4 Å². The Balaban J connectivity index is 1.45. The molecular formula is C30H26F6N6O. The van der Waals surface area contributed by atoms with E-state index in [4.69, 9.17) is 5.73 Å². The molecule has 1 aliphatic heterocycles. The second kappa shape index (κ2) is 11.9. The van der Waals surface area contributed by atoms with Gasteiger partial charge in [0.1, 0.15) is 17.5 Å². The summed E-state index contributed by atoms with van der Waals surface area (Å²) in [6.45, 7) is 3.49. The SMILES string of the molecule is C=C(N)c1cc(-c2cccnc2[C@H](Cc2cc(F)cc(F)c2)NC(=O)CN2CCc3[nH]nc(C(F)(F)F)c3C2)ccc1F. The van der Waals surface area contributed by atoms with Crippen LogP contribution in [-0.2, 0) is 30.4 Å². The number of amides is 1. The van der Waals surface area contributed by atoms with Gasteiger partial charge < -0.3 is 11.1 Å². The number of fused-ring (bicyclic) bond motifs is 1. The van der Waals surface area contributed by atoms with Crippen LogP contribution in [0.3, 0.4) is 0 Å². The van der Waals surface area contributed by atoms with Crippen molar-refractivity contribution in [2.75, 3.05) is 13.1 Å². The van der Waals surface area contributed by atoms with Crippen molar-refractivity contribution >= 4 is 11.6 Å². The summed E-state index contributed by atoms with van der Waals surface area (Å²) in [5.74, 6) is -2.75. The van der Waals surface area contributed by atoms with E-state index < -0.39 is 41.3 Å². The fraction of sp³-hybridized carbons (Fsp3) is 0.233. The van der Waals surface area contributed by atoms with Crippen LogP contribution < -0.4 is 11.1 Å². The molecular weight excluding hydrogens is 574 g/mol. The number of aromatic amines is 1. The van der Waals surface area contributed by atoms with Crippen LogP contribution in [0.4, 0.5) is 26.3 Å². The van der Waals surface area contributed by atoms with Crippen molar-refractivity contribution in [1.82, 2.24) is 25.4 Å². The van der Waals surface area contributed by atoms with Crippen molar-refractivity contribution in [1.29, 1.82) is 0 Å². The number of nitrogens with zero attached hydrogens (tertiary/aromatic N) is 3. The van der Waals surface area contributed by atoms with Crippen LogP contribution >= 0.6 is 0 Å². The summed E-state index contributed by atoms with van der Waals surface area (Å²) in [5.41, 5.74) is 6.69. The highest BCUT2D eigenvalue weighted by atomic mass is 19.4. The predicted octanol–water partition coefficient (Wildman–Crippen LogP) is 5.30. The minimum atomic E-state index is -4.65. The lowest BCUT2D eigenvalue weighted by Gasteiger charge is -2.28. The minimum absolute atomic E-state index is 0.000806. The van der Waals surface area contributed by atoms with Crippen LogP contribution in [0.5, 0.6) is 0 Å². The molecule has 1 aliphatic rings. The normalized spacial score (nSPS) is 14.3. The van der Waals surface area contributed by atoms with Gasteiger partial charge in [0.2, 0.25) is 5.91 Å². The number of nitrogens with two attached hydrogens (primary N) is 1. The van der Waals surface area contributed by atoms with E-state index in [0.29, 0.717) is 29.1 Å². The number of carbonyl (C=O) groups is 1. The maximum Gasteiger partial charge on any atom is 0.435 e. The van der Waals surface area contributed by atoms with Gasteiger partial charge in [-0.25, -0.2) is 13.2 Å². The van der Waals surface area contributed by atoms with E-state index >= 15 is 0 Å². The fourth-order valence-corrected chi connectivity index (χ4v) is 5.22. The molecule has 7 nitrogen and oxygen atoms in total. The molecule has 0 bridgehead atoms. The zero-order valence-corrected chi connectivity index (χ0v) is 22.6. The van der Waals surface area contributed by atoms with Crippen LogP contribution in [0.15, 0.2) is 61.3 Å². The van der Waals surface area contributed by atoms with Gasteiger partial charge in [-0.15, -0.1) is 0 Å². The molecule has 3 heterocycles. The van der Waals surface area contributed by atoms with Crippen molar-refractivity contribution in [2.24, 2.45) is 5.73 Å². The van der Waals surface area contributed by atoms with Crippen molar-refractivity contribution in [2.45, 2.75) is 31.6 Å². The Bertz CT molecular complexity index is 1660. The molecule has 0 saturated heterocycles. The van der Waals surface area contributed by atoms with Gasteiger partial charge in [0, 0.05) is 59.9 Å². The molecule has 1 amide bonds. The quantitative estimate of drug-likeness (QED) is 0.239. The number of hydrogen-bond donors (Lipinski definition) is 3. The van der Waals surface area contributed by atoms with E-state index in [-0.39, 0.29) is 48.3 Å². The first kappa shape index (κ1) is 29.8. The first-order chi connectivity index (χ1) is 20.4. The van der Waals surface area contributed by atoms with Crippen LogP contribution in [0.1, 0.15) is 39.8 Å². The summed E-state index contributed by atoms with van der Waals surface area (Å²) >= 11 is 0. The van der Waals surface area contributed by atoms with Gasteiger partial charge in [-0.05, 0) is 47.9 Å². The molecule has 1 atom stereocenters. The molecule has 0 aliphatic carbocycles. The van der Waals surface area contributed by atoms with Gasteiger partial charge in [0.05, 0.1) is 18.3 Å². The highest BCUT2D eigenvalue weighted by Crippen LogP contribution is 2.34. The van der Waals surface area contributed by atoms with Gasteiger partial charge in [0.15, 0.2) is 5.69 Å². The topological polar surface area (TPSA) is 99.9 Å². The lowest BCUT2D eigenvalue weighted by Crippen LogP contribution is -2.42. The third-order valence-electron chi connectivity index (χ3n) is 7.14. The molecule has 2 aromatic carbocycles. The molecule has 13 heteroatoms. The Morgan fingerprint density at radius 1 is 1.12 bits per heavy atom. The Hall–Kier alpha value is -4.65. The second-order valence-electron chi connectivity index (χ2n) is 10.2. The molecule has 224 valence electrons. The molecule has 43 heavy (non-hydrogen) atoms. The van der Waals surface area contributed by atoms with Crippen LogP contribution in [0.2, 0.25) is 0 Å². The number of hydrogen-bond acceptors (Lipinski definition) is 5. The summed E-state index contributed by atoms with van der Waals surface area (Å²) in [7, 11) is 0. The Kier molecular flexibility index (Phi) is 8.27. The summed E-state index contributed by atoms with van der Waals surface area (Å²) in [5, 5.41) is 8.68. The predicted molar refractivity (Wildman–Crippen MR) is 146 cm³/mol. The molecule has 0 saturated carbocycles. The van der Waals surface area contributed by atoms with E-state index in [2.05, 4.69) is 27.1 Å². The average molecular weight is 601 g/mol. The summed E-state index contributed by atoms with van der Waals surface area (Å²) in [4.78, 5) is 19.3. The highest BCUT2D eigenvalue weighted by molar-refractivity contribution is 5.79. The van der Waals surface area contributed by atoms with Gasteiger partial charge >= 0.3 is 6.18 Å². The molecule has 0 spiro atoms. The molecule has 0 unspecified atom stereocenters. The number of nitrogens with one attached hydrogen (secondary N) is 2. The first-order valence-corrected chi connectivity index (χ1v) is 13.2. The molecule has 4 aromatic rings. The lowest BCUT2D eigenvalue weighted by molar-refractivity contribution is -0.142. The summed E-state index contributed by atoms with van der Waals surface area (Å²) < 4.78 is 82.8. The van der Waals surface area contributed by atoms with Crippen molar-refractivity contribution in [3.8, 4) is 11.1 Å². The standard InChI is InChI=1S/C30H26F6N6O/c1-16(37)22-12-18(4-5-24(22)33)21-3-2-7-38-28(21)26(11-17-9-19(31)13-20(32)10-17)39-27(43)15-42-8-6-25-23(14-42)29(41-40-25)30(34,35)36/h2-5,7,9-10,12-13,26H,1,6,8,11,14-15,37H2,(H,39,43)(H,40,41)/t26-/m0/s1. The van der Waals surface area contributed by atoms with Gasteiger partial charge in [-0.3, -0.25) is 19.8 Å². The summed E-state index contributed by atoms with van der Waals surface area (Å²) in [6.07, 6.45) is -3.01. The number of benzene rings is 2. The maximum atomic E-state index is 14.4. The minimum Gasteiger partial charge on any atom is -0.399 e.